The number of phenolic OH excluding ortho intramolecular Hbond substituents is 1. The highest BCUT2D eigenvalue weighted by molar-refractivity contribution is 5.82. The van der Waals surface area contributed by atoms with E-state index in [1.807, 2.05) is 25.1 Å². The average Bonchev–Trinajstić information content (AvgIpc) is 2.42. The molecule has 0 saturated heterocycles. The predicted octanol–water partition coefficient (Wildman–Crippen LogP) is 3.39. The van der Waals surface area contributed by atoms with Crippen LogP contribution in [0, 0.1) is 6.92 Å². The molecule has 0 spiro atoms. The molecule has 94 valence electrons. The lowest BCUT2D eigenvalue weighted by atomic mass is 10.1. The number of phenols is 1. The van der Waals surface area contributed by atoms with E-state index in [4.69, 9.17) is 0 Å². The van der Waals surface area contributed by atoms with Crippen LogP contribution < -0.4 is 5.32 Å². The van der Waals surface area contributed by atoms with Crippen LogP contribution in [0.15, 0.2) is 48.7 Å². The summed E-state index contributed by atoms with van der Waals surface area (Å²) in [6.07, 6.45) is 1.80. The molecule has 0 unspecified atom stereocenters. The lowest BCUT2D eigenvalue weighted by molar-refractivity contribution is 0.475. The SMILES string of the molecule is Cc1cccc2cnc(Nc3ccc(O)cc3)nc12. The summed E-state index contributed by atoms with van der Waals surface area (Å²) in [4.78, 5) is 8.79. The van der Waals surface area contributed by atoms with E-state index >= 15 is 0 Å². The van der Waals surface area contributed by atoms with Gasteiger partial charge in [0.1, 0.15) is 5.75 Å². The van der Waals surface area contributed by atoms with E-state index in [9.17, 15) is 5.11 Å². The normalized spacial score (nSPS) is 10.6. The Labute approximate surface area is 110 Å². The van der Waals surface area contributed by atoms with Crippen LogP contribution in [0.4, 0.5) is 11.6 Å². The fourth-order valence-electron chi connectivity index (χ4n) is 1.94. The number of anilines is 2. The van der Waals surface area contributed by atoms with Gasteiger partial charge in [-0.3, -0.25) is 0 Å². The van der Waals surface area contributed by atoms with Crippen molar-refractivity contribution in [2.45, 2.75) is 6.92 Å². The van der Waals surface area contributed by atoms with Gasteiger partial charge in [0.05, 0.1) is 5.52 Å². The standard InChI is InChI=1S/C15H13N3O/c1-10-3-2-4-11-9-16-15(18-14(10)11)17-12-5-7-13(19)8-6-12/h2-9,19H,1H3,(H,16,17,18). The molecule has 1 aromatic heterocycles. The van der Waals surface area contributed by atoms with Gasteiger partial charge in [0.15, 0.2) is 0 Å². The molecule has 2 aromatic carbocycles. The van der Waals surface area contributed by atoms with Gasteiger partial charge in [-0.15, -0.1) is 0 Å². The zero-order valence-corrected chi connectivity index (χ0v) is 10.5. The molecule has 0 aliphatic carbocycles. The smallest absolute Gasteiger partial charge is 0.227 e. The molecule has 3 aromatic rings. The van der Waals surface area contributed by atoms with Crippen LogP contribution in [0.1, 0.15) is 5.56 Å². The van der Waals surface area contributed by atoms with Crippen molar-refractivity contribution >= 4 is 22.5 Å². The first-order valence-electron chi connectivity index (χ1n) is 6.01. The Balaban J connectivity index is 1.97. The molecule has 1 heterocycles. The molecule has 3 rings (SSSR count). The Kier molecular flexibility index (Phi) is 2.76. The van der Waals surface area contributed by atoms with E-state index in [0.29, 0.717) is 5.95 Å². The summed E-state index contributed by atoms with van der Waals surface area (Å²) in [7, 11) is 0. The number of aromatic nitrogens is 2. The predicted molar refractivity (Wildman–Crippen MR) is 75.7 cm³/mol. The first kappa shape index (κ1) is 11.5. The highest BCUT2D eigenvalue weighted by atomic mass is 16.3. The number of benzene rings is 2. The highest BCUT2D eigenvalue weighted by Crippen LogP contribution is 2.20. The maximum Gasteiger partial charge on any atom is 0.227 e. The highest BCUT2D eigenvalue weighted by Gasteiger charge is 2.02. The minimum Gasteiger partial charge on any atom is -0.508 e. The Morgan fingerprint density at radius 1 is 1.05 bits per heavy atom. The molecule has 0 aliphatic heterocycles. The number of nitrogens with one attached hydrogen (secondary N) is 1. The van der Waals surface area contributed by atoms with E-state index in [0.717, 1.165) is 22.2 Å². The van der Waals surface area contributed by atoms with Crippen molar-refractivity contribution in [3.63, 3.8) is 0 Å². The summed E-state index contributed by atoms with van der Waals surface area (Å²) in [6, 6.07) is 12.8. The summed E-state index contributed by atoms with van der Waals surface area (Å²) in [6.45, 7) is 2.03. The van der Waals surface area contributed by atoms with Crippen molar-refractivity contribution in [3.05, 3.63) is 54.2 Å². The average molecular weight is 251 g/mol. The third-order valence-corrected chi connectivity index (χ3v) is 2.94. The van der Waals surface area contributed by atoms with Gasteiger partial charge in [-0.2, -0.15) is 0 Å². The minimum atomic E-state index is 0.237. The van der Waals surface area contributed by atoms with Gasteiger partial charge >= 0.3 is 0 Å². The first-order valence-corrected chi connectivity index (χ1v) is 6.01. The fraction of sp³-hybridized carbons (Fsp3) is 0.0667. The summed E-state index contributed by atoms with van der Waals surface area (Å²) in [5, 5.41) is 13.4. The molecule has 0 amide bonds. The van der Waals surface area contributed by atoms with Crippen molar-refractivity contribution in [1.82, 2.24) is 9.97 Å². The van der Waals surface area contributed by atoms with Crippen LogP contribution in [0.5, 0.6) is 5.75 Å². The summed E-state index contributed by atoms with van der Waals surface area (Å²) >= 11 is 0. The first-order chi connectivity index (χ1) is 9.22. The van der Waals surface area contributed by atoms with Gasteiger partial charge in [0, 0.05) is 17.3 Å². The van der Waals surface area contributed by atoms with E-state index in [1.54, 1.807) is 30.5 Å². The van der Waals surface area contributed by atoms with Crippen LogP contribution >= 0.6 is 0 Å². The summed E-state index contributed by atoms with van der Waals surface area (Å²) in [5.74, 6) is 0.785. The molecule has 0 atom stereocenters. The summed E-state index contributed by atoms with van der Waals surface area (Å²) < 4.78 is 0. The van der Waals surface area contributed by atoms with Gasteiger partial charge in [-0.05, 0) is 36.8 Å². The van der Waals surface area contributed by atoms with Crippen molar-refractivity contribution in [3.8, 4) is 5.75 Å². The second kappa shape index (κ2) is 4.57. The number of hydrogen-bond acceptors (Lipinski definition) is 4. The number of para-hydroxylation sites is 1. The van der Waals surface area contributed by atoms with Gasteiger partial charge in [-0.25, -0.2) is 9.97 Å². The Hall–Kier alpha value is -2.62. The molecule has 0 aliphatic rings. The van der Waals surface area contributed by atoms with Crippen LogP contribution in [0.3, 0.4) is 0 Å². The molecular weight excluding hydrogens is 238 g/mol. The van der Waals surface area contributed by atoms with Crippen molar-refractivity contribution in [1.29, 1.82) is 0 Å². The van der Waals surface area contributed by atoms with Crippen LogP contribution in [0.2, 0.25) is 0 Å². The third kappa shape index (κ3) is 2.33. The second-order valence-electron chi connectivity index (χ2n) is 4.38. The topological polar surface area (TPSA) is 58.0 Å². The maximum absolute atomic E-state index is 9.24. The van der Waals surface area contributed by atoms with Gasteiger partial charge in [0.2, 0.25) is 5.95 Å². The second-order valence-corrected chi connectivity index (χ2v) is 4.38. The molecule has 2 N–H and O–H groups in total. The van der Waals surface area contributed by atoms with Crippen LogP contribution in [-0.2, 0) is 0 Å². The van der Waals surface area contributed by atoms with Crippen molar-refractivity contribution < 1.29 is 5.11 Å². The number of rotatable bonds is 2. The van der Waals surface area contributed by atoms with E-state index < -0.39 is 0 Å². The van der Waals surface area contributed by atoms with E-state index in [1.165, 1.54) is 0 Å². The zero-order chi connectivity index (χ0) is 13.2. The number of aromatic hydroxyl groups is 1. The Morgan fingerprint density at radius 2 is 1.84 bits per heavy atom. The lowest BCUT2D eigenvalue weighted by Crippen LogP contribution is -1.97. The van der Waals surface area contributed by atoms with E-state index in [2.05, 4.69) is 15.3 Å². The third-order valence-electron chi connectivity index (χ3n) is 2.94. The number of fused-ring (bicyclic) bond motifs is 1. The van der Waals surface area contributed by atoms with Crippen molar-refractivity contribution in [2.75, 3.05) is 5.32 Å². The molecule has 4 heteroatoms. The summed E-state index contributed by atoms with van der Waals surface area (Å²) in [5.41, 5.74) is 2.90. The van der Waals surface area contributed by atoms with Crippen molar-refractivity contribution in [2.24, 2.45) is 0 Å². The zero-order valence-electron chi connectivity index (χ0n) is 10.5. The quantitative estimate of drug-likeness (QED) is 0.685. The number of nitrogens with zero attached hydrogens (tertiary/aromatic N) is 2. The molecule has 0 saturated carbocycles. The van der Waals surface area contributed by atoms with Crippen LogP contribution in [0.25, 0.3) is 10.9 Å². The van der Waals surface area contributed by atoms with Gasteiger partial charge in [0.25, 0.3) is 0 Å². The monoisotopic (exact) mass is 251 g/mol. The molecular formula is C15H13N3O. The molecule has 0 fully saturated rings. The number of aryl methyl sites for hydroxylation is 1. The number of hydrogen-bond donors (Lipinski definition) is 2. The molecule has 0 radical (unpaired) electrons. The molecule has 0 bridgehead atoms. The lowest BCUT2D eigenvalue weighted by Gasteiger charge is -2.06. The maximum atomic E-state index is 9.24. The fourth-order valence-corrected chi connectivity index (χ4v) is 1.94. The van der Waals surface area contributed by atoms with Crippen LogP contribution in [-0.4, -0.2) is 15.1 Å². The molecule has 19 heavy (non-hydrogen) atoms. The largest absolute Gasteiger partial charge is 0.508 e. The van der Waals surface area contributed by atoms with E-state index in [-0.39, 0.29) is 5.75 Å². The van der Waals surface area contributed by atoms with Gasteiger partial charge < -0.3 is 10.4 Å². The van der Waals surface area contributed by atoms with Gasteiger partial charge in [-0.1, -0.05) is 18.2 Å². The minimum absolute atomic E-state index is 0.237. The molecule has 4 nitrogen and oxygen atoms in total. The Bertz CT molecular complexity index is 723. The Morgan fingerprint density at radius 3 is 2.63 bits per heavy atom.